The van der Waals surface area contributed by atoms with Gasteiger partial charge in [0.25, 0.3) is 0 Å². The first kappa shape index (κ1) is 9.62. The first-order valence-electron chi connectivity index (χ1n) is 2.84. The highest BCUT2D eigenvalue weighted by Crippen LogP contribution is 2.35. The van der Waals surface area contributed by atoms with Gasteiger partial charge in [0.1, 0.15) is 4.34 Å². The van der Waals surface area contributed by atoms with Gasteiger partial charge in [0.05, 0.1) is 16.3 Å². The van der Waals surface area contributed by atoms with Crippen LogP contribution in [0, 0.1) is 0 Å². The highest BCUT2D eigenvalue weighted by Gasteiger charge is 2.13. The number of rotatable bonds is 2. The van der Waals surface area contributed by atoms with E-state index >= 15 is 0 Å². The summed E-state index contributed by atoms with van der Waals surface area (Å²) >= 11 is 18.0. The summed E-state index contributed by atoms with van der Waals surface area (Å²) in [5.41, 5.74) is 0.608. The van der Waals surface area contributed by atoms with Crippen molar-refractivity contribution in [2.75, 3.05) is 5.88 Å². The van der Waals surface area contributed by atoms with E-state index in [0.717, 1.165) is 0 Å². The van der Waals surface area contributed by atoms with E-state index < -0.39 is 6.10 Å². The molecule has 0 spiro atoms. The second kappa shape index (κ2) is 3.97. The third kappa shape index (κ3) is 2.23. The summed E-state index contributed by atoms with van der Waals surface area (Å²) in [5, 5.41) is 9.26. The molecule has 1 heterocycles. The van der Waals surface area contributed by atoms with Crippen LogP contribution in [0.2, 0.25) is 8.67 Å². The van der Waals surface area contributed by atoms with Gasteiger partial charge >= 0.3 is 0 Å². The molecule has 62 valence electrons. The summed E-state index contributed by atoms with van der Waals surface area (Å²) in [4.78, 5) is 0. The summed E-state index contributed by atoms with van der Waals surface area (Å²) in [6.07, 6.45) is -0.715. The molecule has 5 heteroatoms. The second-order valence-corrected chi connectivity index (χ2v) is 4.54. The Morgan fingerprint density at radius 3 is 2.55 bits per heavy atom. The molecule has 0 saturated heterocycles. The van der Waals surface area contributed by atoms with Crippen LogP contribution in [0.4, 0.5) is 0 Å². The monoisotopic (exact) mass is 230 g/mol. The van der Waals surface area contributed by atoms with Crippen LogP contribution in [0.5, 0.6) is 0 Å². The Bertz CT molecular complexity index is 248. The van der Waals surface area contributed by atoms with E-state index in [1.165, 1.54) is 11.3 Å². The Kier molecular flexibility index (Phi) is 3.47. The van der Waals surface area contributed by atoms with Gasteiger partial charge in [-0.3, -0.25) is 0 Å². The smallest absolute Gasteiger partial charge is 0.100 e. The molecule has 0 saturated carbocycles. The third-order valence-electron chi connectivity index (χ3n) is 1.19. The van der Waals surface area contributed by atoms with Crippen LogP contribution < -0.4 is 0 Å². The minimum absolute atomic E-state index is 0.132. The Morgan fingerprint density at radius 2 is 2.18 bits per heavy atom. The summed E-state index contributed by atoms with van der Waals surface area (Å²) in [7, 11) is 0. The lowest BCUT2D eigenvalue weighted by Crippen LogP contribution is -1.96. The number of aliphatic hydroxyl groups is 1. The molecule has 0 aliphatic rings. The molecule has 0 aliphatic carbocycles. The van der Waals surface area contributed by atoms with Crippen LogP contribution >= 0.6 is 46.1 Å². The van der Waals surface area contributed by atoms with Gasteiger partial charge in [-0.1, -0.05) is 23.2 Å². The van der Waals surface area contributed by atoms with Gasteiger partial charge in [0, 0.05) is 5.56 Å². The number of hydrogen-bond acceptors (Lipinski definition) is 2. The minimum atomic E-state index is -0.715. The molecule has 0 amide bonds. The van der Waals surface area contributed by atoms with Gasteiger partial charge < -0.3 is 5.11 Å². The van der Waals surface area contributed by atoms with Crippen LogP contribution in [0.25, 0.3) is 0 Å². The quantitative estimate of drug-likeness (QED) is 0.774. The maximum absolute atomic E-state index is 9.26. The Morgan fingerprint density at radius 1 is 1.55 bits per heavy atom. The van der Waals surface area contributed by atoms with Crippen molar-refractivity contribution in [3.63, 3.8) is 0 Å². The predicted molar refractivity (Wildman–Crippen MR) is 50.0 cm³/mol. The summed E-state index contributed by atoms with van der Waals surface area (Å²) < 4.78 is 1.07. The fourth-order valence-electron chi connectivity index (χ4n) is 0.663. The van der Waals surface area contributed by atoms with Gasteiger partial charge in [-0.25, -0.2) is 0 Å². The fourth-order valence-corrected chi connectivity index (χ4v) is 2.40. The van der Waals surface area contributed by atoms with Crippen LogP contribution in [0.1, 0.15) is 11.7 Å². The van der Waals surface area contributed by atoms with E-state index in [1.54, 1.807) is 6.07 Å². The van der Waals surface area contributed by atoms with Crippen LogP contribution in [0.15, 0.2) is 6.07 Å². The molecule has 11 heavy (non-hydrogen) atoms. The molecule has 0 bridgehead atoms. The van der Waals surface area contributed by atoms with Crippen molar-refractivity contribution in [2.45, 2.75) is 6.10 Å². The Hall–Kier alpha value is 0.530. The zero-order valence-electron chi connectivity index (χ0n) is 5.35. The third-order valence-corrected chi connectivity index (χ3v) is 3.00. The second-order valence-electron chi connectivity index (χ2n) is 1.95. The first-order chi connectivity index (χ1) is 5.15. The number of halogens is 3. The molecule has 0 aromatic carbocycles. The van der Waals surface area contributed by atoms with Crippen molar-refractivity contribution < 1.29 is 5.11 Å². The molecule has 1 atom stereocenters. The van der Waals surface area contributed by atoms with Crippen LogP contribution in [-0.2, 0) is 0 Å². The molecule has 0 radical (unpaired) electrons. The number of thiophene rings is 1. The molecular weight excluding hydrogens is 226 g/mol. The lowest BCUT2D eigenvalue weighted by atomic mass is 10.2. The molecule has 1 rings (SSSR count). The zero-order chi connectivity index (χ0) is 8.43. The van der Waals surface area contributed by atoms with Gasteiger partial charge in [0.2, 0.25) is 0 Å². The zero-order valence-corrected chi connectivity index (χ0v) is 8.44. The van der Waals surface area contributed by atoms with Crippen LogP contribution in [0.3, 0.4) is 0 Å². The summed E-state index contributed by atoms with van der Waals surface area (Å²) in [6, 6.07) is 1.63. The van der Waals surface area contributed by atoms with E-state index in [9.17, 15) is 5.11 Å². The van der Waals surface area contributed by atoms with Gasteiger partial charge in [-0.2, -0.15) is 0 Å². The molecule has 1 unspecified atom stereocenters. The average Bonchev–Trinajstić information content (AvgIpc) is 2.28. The summed E-state index contributed by atoms with van der Waals surface area (Å²) in [5.74, 6) is 0.132. The number of alkyl halides is 1. The van der Waals surface area contributed by atoms with Gasteiger partial charge in [0.15, 0.2) is 0 Å². The normalized spacial score (nSPS) is 13.5. The SMILES string of the molecule is OC(CCl)c1cc(Cl)sc1Cl. The van der Waals surface area contributed by atoms with E-state index in [1.807, 2.05) is 0 Å². The molecule has 1 aromatic heterocycles. The molecular formula is C6H5Cl3OS. The van der Waals surface area contributed by atoms with E-state index in [2.05, 4.69) is 0 Å². The summed E-state index contributed by atoms with van der Waals surface area (Å²) in [6.45, 7) is 0. The van der Waals surface area contributed by atoms with Crippen molar-refractivity contribution >= 4 is 46.1 Å². The standard InChI is InChI=1S/C6H5Cl3OS/c7-2-4(10)3-1-5(8)11-6(3)9/h1,4,10H,2H2. The van der Waals surface area contributed by atoms with E-state index in [4.69, 9.17) is 34.8 Å². The maximum Gasteiger partial charge on any atom is 0.100 e. The molecule has 1 nitrogen and oxygen atoms in total. The van der Waals surface area contributed by atoms with Gasteiger partial charge in [-0.15, -0.1) is 22.9 Å². The van der Waals surface area contributed by atoms with Crippen LogP contribution in [-0.4, -0.2) is 11.0 Å². The first-order valence-corrected chi connectivity index (χ1v) is 4.94. The molecule has 1 aromatic rings. The lowest BCUT2D eigenvalue weighted by Gasteiger charge is -2.02. The highest BCUT2D eigenvalue weighted by atomic mass is 35.5. The van der Waals surface area contributed by atoms with Gasteiger partial charge in [-0.05, 0) is 6.07 Å². The maximum atomic E-state index is 9.26. The highest BCUT2D eigenvalue weighted by molar-refractivity contribution is 7.20. The lowest BCUT2D eigenvalue weighted by molar-refractivity contribution is 0.203. The minimum Gasteiger partial charge on any atom is -0.387 e. The van der Waals surface area contributed by atoms with Crippen molar-refractivity contribution in [3.8, 4) is 0 Å². The molecule has 0 fully saturated rings. The van der Waals surface area contributed by atoms with Crippen molar-refractivity contribution in [1.29, 1.82) is 0 Å². The molecule has 1 N–H and O–H groups in total. The van der Waals surface area contributed by atoms with Crippen molar-refractivity contribution in [2.24, 2.45) is 0 Å². The molecule has 0 aliphatic heterocycles. The van der Waals surface area contributed by atoms with E-state index in [0.29, 0.717) is 14.2 Å². The predicted octanol–water partition coefficient (Wildman–Crippen LogP) is 3.33. The van der Waals surface area contributed by atoms with E-state index in [-0.39, 0.29) is 5.88 Å². The topological polar surface area (TPSA) is 20.2 Å². The Balaban J connectivity index is 2.93. The number of aliphatic hydroxyl groups excluding tert-OH is 1. The van der Waals surface area contributed by atoms with Crippen molar-refractivity contribution in [1.82, 2.24) is 0 Å². The Labute approximate surface area is 83.5 Å². The average molecular weight is 232 g/mol. The van der Waals surface area contributed by atoms with Crippen molar-refractivity contribution in [3.05, 3.63) is 20.3 Å². The fraction of sp³-hybridized carbons (Fsp3) is 0.333. The number of hydrogen-bond donors (Lipinski definition) is 1. The largest absolute Gasteiger partial charge is 0.387 e.